The van der Waals surface area contributed by atoms with Gasteiger partial charge in [-0.15, -0.1) is 0 Å². The average molecular weight is 221 g/mol. The Bertz CT molecular complexity index is 397. The molecule has 1 aromatic rings. The number of hydrogen-bond donors (Lipinski definition) is 0. The maximum atomic E-state index is 10.9. The van der Waals surface area contributed by atoms with E-state index in [0.717, 1.165) is 12.0 Å². The lowest BCUT2D eigenvalue weighted by molar-refractivity contribution is -0.385. The molecule has 4 nitrogen and oxygen atoms in total. The number of aryl methyl sites for hydroxylation is 1. The SMILES string of the molecule is C=C(C)c1cc(CC)c(OC)cc1[N+](=O)[O-]. The van der Waals surface area contributed by atoms with Gasteiger partial charge in [0.05, 0.1) is 23.7 Å². The molecule has 0 N–H and O–H groups in total. The highest BCUT2D eigenvalue weighted by Gasteiger charge is 2.18. The van der Waals surface area contributed by atoms with Crippen LogP contribution in [0.25, 0.3) is 5.57 Å². The number of nitro benzene ring substituents is 1. The highest BCUT2D eigenvalue weighted by molar-refractivity contribution is 5.72. The van der Waals surface area contributed by atoms with Crippen molar-refractivity contribution in [2.24, 2.45) is 0 Å². The minimum Gasteiger partial charge on any atom is -0.496 e. The number of nitrogens with zero attached hydrogens (tertiary/aromatic N) is 1. The number of benzene rings is 1. The van der Waals surface area contributed by atoms with Crippen LogP contribution in [-0.4, -0.2) is 12.0 Å². The maximum absolute atomic E-state index is 10.9. The summed E-state index contributed by atoms with van der Waals surface area (Å²) in [5, 5.41) is 10.9. The quantitative estimate of drug-likeness (QED) is 0.579. The number of ether oxygens (including phenoxy) is 1. The highest BCUT2D eigenvalue weighted by atomic mass is 16.6. The van der Waals surface area contributed by atoms with Gasteiger partial charge >= 0.3 is 0 Å². The molecule has 0 aromatic heterocycles. The Kier molecular flexibility index (Phi) is 3.66. The van der Waals surface area contributed by atoms with Crippen molar-refractivity contribution >= 4 is 11.3 Å². The molecule has 0 aliphatic carbocycles. The average Bonchev–Trinajstić information content (AvgIpc) is 2.26. The molecule has 0 saturated heterocycles. The Hall–Kier alpha value is -1.84. The largest absolute Gasteiger partial charge is 0.496 e. The number of nitro groups is 1. The van der Waals surface area contributed by atoms with E-state index in [-0.39, 0.29) is 5.69 Å². The van der Waals surface area contributed by atoms with Crippen LogP contribution in [0.15, 0.2) is 18.7 Å². The van der Waals surface area contributed by atoms with Crippen molar-refractivity contribution in [2.75, 3.05) is 7.11 Å². The van der Waals surface area contributed by atoms with Gasteiger partial charge in [0.25, 0.3) is 5.69 Å². The van der Waals surface area contributed by atoms with Crippen LogP contribution in [-0.2, 0) is 6.42 Å². The molecule has 0 aliphatic rings. The van der Waals surface area contributed by atoms with Gasteiger partial charge in [0.2, 0.25) is 0 Å². The molecule has 0 heterocycles. The lowest BCUT2D eigenvalue weighted by Gasteiger charge is -2.10. The number of rotatable bonds is 4. The fraction of sp³-hybridized carbons (Fsp3) is 0.333. The second kappa shape index (κ2) is 4.79. The third-order valence-corrected chi connectivity index (χ3v) is 2.44. The second-order valence-electron chi connectivity index (χ2n) is 3.57. The molecule has 0 bridgehead atoms. The van der Waals surface area contributed by atoms with Crippen molar-refractivity contribution in [3.8, 4) is 5.75 Å². The molecule has 0 amide bonds. The van der Waals surface area contributed by atoms with Gasteiger partial charge < -0.3 is 4.74 Å². The first kappa shape index (κ1) is 12.2. The summed E-state index contributed by atoms with van der Waals surface area (Å²) in [6.45, 7) is 7.49. The van der Waals surface area contributed by atoms with E-state index in [9.17, 15) is 10.1 Å². The summed E-state index contributed by atoms with van der Waals surface area (Å²) in [5.74, 6) is 0.555. The van der Waals surface area contributed by atoms with Crippen LogP contribution in [0.3, 0.4) is 0 Å². The Labute approximate surface area is 94.7 Å². The first-order valence-corrected chi connectivity index (χ1v) is 5.02. The predicted octanol–water partition coefficient (Wildman–Crippen LogP) is 3.20. The van der Waals surface area contributed by atoms with E-state index >= 15 is 0 Å². The summed E-state index contributed by atoms with van der Waals surface area (Å²) in [4.78, 5) is 10.5. The molecular formula is C12H15NO3. The van der Waals surface area contributed by atoms with Crippen LogP contribution in [0.4, 0.5) is 5.69 Å². The second-order valence-corrected chi connectivity index (χ2v) is 3.57. The lowest BCUT2D eigenvalue weighted by Crippen LogP contribution is -1.98. The van der Waals surface area contributed by atoms with E-state index in [1.807, 2.05) is 6.92 Å². The zero-order chi connectivity index (χ0) is 12.3. The molecule has 0 unspecified atom stereocenters. The van der Waals surface area contributed by atoms with Gasteiger partial charge in [-0.05, 0) is 30.5 Å². The van der Waals surface area contributed by atoms with Crippen molar-refractivity contribution in [1.82, 2.24) is 0 Å². The van der Waals surface area contributed by atoms with E-state index in [1.165, 1.54) is 13.2 Å². The van der Waals surface area contributed by atoms with Crippen molar-refractivity contribution in [1.29, 1.82) is 0 Å². The molecule has 1 rings (SSSR count). The normalized spacial score (nSPS) is 9.94. The molecule has 0 radical (unpaired) electrons. The number of allylic oxidation sites excluding steroid dienone is 1. The zero-order valence-corrected chi connectivity index (χ0v) is 9.74. The molecular weight excluding hydrogens is 206 g/mol. The predicted molar refractivity (Wildman–Crippen MR) is 63.7 cm³/mol. The summed E-state index contributed by atoms with van der Waals surface area (Å²) in [5.41, 5.74) is 2.25. The van der Waals surface area contributed by atoms with E-state index in [2.05, 4.69) is 6.58 Å². The molecule has 0 atom stereocenters. The third-order valence-electron chi connectivity index (χ3n) is 2.44. The standard InChI is InChI=1S/C12H15NO3/c1-5-9-6-10(8(2)3)11(13(14)15)7-12(9)16-4/h6-7H,2,5H2,1,3-4H3. The maximum Gasteiger partial charge on any atom is 0.280 e. The Morgan fingerprint density at radius 1 is 1.56 bits per heavy atom. The summed E-state index contributed by atoms with van der Waals surface area (Å²) in [6, 6.07) is 3.24. The molecule has 16 heavy (non-hydrogen) atoms. The molecule has 0 aliphatic heterocycles. The summed E-state index contributed by atoms with van der Waals surface area (Å²) >= 11 is 0. The molecule has 0 saturated carbocycles. The third kappa shape index (κ3) is 2.21. The fourth-order valence-electron chi connectivity index (χ4n) is 1.57. The molecule has 4 heteroatoms. The van der Waals surface area contributed by atoms with Crippen LogP contribution >= 0.6 is 0 Å². The van der Waals surface area contributed by atoms with E-state index in [4.69, 9.17) is 4.74 Å². The van der Waals surface area contributed by atoms with E-state index < -0.39 is 4.92 Å². The summed E-state index contributed by atoms with van der Waals surface area (Å²) < 4.78 is 5.13. The van der Waals surface area contributed by atoms with Crippen molar-refractivity contribution in [3.05, 3.63) is 40.0 Å². The van der Waals surface area contributed by atoms with Gasteiger partial charge in [0, 0.05) is 0 Å². The number of methoxy groups -OCH3 is 1. The monoisotopic (exact) mass is 221 g/mol. The smallest absolute Gasteiger partial charge is 0.280 e. The van der Waals surface area contributed by atoms with Crippen molar-refractivity contribution < 1.29 is 9.66 Å². The Morgan fingerprint density at radius 3 is 2.56 bits per heavy atom. The Morgan fingerprint density at radius 2 is 2.19 bits per heavy atom. The fourth-order valence-corrected chi connectivity index (χ4v) is 1.57. The topological polar surface area (TPSA) is 52.4 Å². The zero-order valence-electron chi connectivity index (χ0n) is 9.74. The lowest BCUT2D eigenvalue weighted by atomic mass is 10.0. The highest BCUT2D eigenvalue weighted by Crippen LogP contribution is 2.32. The van der Waals surface area contributed by atoms with Gasteiger partial charge in [0.15, 0.2) is 0 Å². The molecule has 86 valence electrons. The van der Waals surface area contributed by atoms with Gasteiger partial charge in [-0.25, -0.2) is 0 Å². The van der Waals surface area contributed by atoms with Crippen molar-refractivity contribution in [2.45, 2.75) is 20.3 Å². The van der Waals surface area contributed by atoms with Crippen LogP contribution in [0.5, 0.6) is 5.75 Å². The number of hydrogen-bond acceptors (Lipinski definition) is 3. The van der Waals surface area contributed by atoms with Gasteiger partial charge in [-0.3, -0.25) is 10.1 Å². The van der Waals surface area contributed by atoms with Gasteiger partial charge in [0.1, 0.15) is 5.75 Å². The van der Waals surface area contributed by atoms with E-state index in [1.54, 1.807) is 13.0 Å². The molecule has 0 fully saturated rings. The minimum absolute atomic E-state index is 0.0431. The van der Waals surface area contributed by atoms with Gasteiger partial charge in [-0.2, -0.15) is 0 Å². The summed E-state index contributed by atoms with van der Waals surface area (Å²) in [6.07, 6.45) is 0.765. The van der Waals surface area contributed by atoms with E-state index in [0.29, 0.717) is 16.9 Å². The van der Waals surface area contributed by atoms with Crippen LogP contribution in [0.2, 0.25) is 0 Å². The van der Waals surface area contributed by atoms with Crippen LogP contribution in [0, 0.1) is 10.1 Å². The molecule has 0 spiro atoms. The van der Waals surface area contributed by atoms with Crippen LogP contribution in [0.1, 0.15) is 25.0 Å². The van der Waals surface area contributed by atoms with Crippen LogP contribution < -0.4 is 4.74 Å². The first-order chi connectivity index (χ1) is 7.51. The summed E-state index contributed by atoms with van der Waals surface area (Å²) in [7, 11) is 1.51. The minimum atomic E-state index is -0.411. The molecule has 1 aromatic carbocycles. The Balaban J connectivity index is 3.47. The van der Waals surface area contributed by atoms with Crippen molar-refractivity contribution in [3.63, 3.8) is 0 Å². The first-order valence-electron chi connectivity index (χ1n) is 5.02. The van der Waals surface area contributed by atoms with Gasteiger partial charge in [-0.1, -0.05) is 13.5 Å².